The predicted octanol–water partition coefficient (Wildman–Crippen LogP) is 8.50. The third-order valence-corrected chi connectivity index (χ3v) is 12.0. The first-order valence-corrected chi connectivity index (χ1v) is 16.9. The van der Waals surface area contributed by atoms with Crippen molar-refractivity contribution in [2.75, 3.05) is 26.9 Å². The molecule has 0 aromatic heterocycles. The van der Waals surface area contributed by atoms with Crippen molar-refractivity contribution in [2.24, 2.45) is 32.5 Å². The molecule has 3 atom stereocenters. The Kier molecular flexibility index (Phi) is 13.6. The van der Waals surface area contributed by atoms with Gasteiger partial charge < -0.3 is 19.3 Å². The monoisotopic (exact) mass is 696 g/mol. The lowest BCUT2D eigenvalue weighted by Gasteiger charge is -2.53. The summed E-state index contributed by atoms with van der Waals surface area (Å²) in [7, 11) is 1.41. The number of hydrogen-bond donors (Lipinski definition) is 1. The smallest absolute Gasteiger partial charge is 0.313 e. The summed E-state index contributed by atoms with van der Waals surface area (Å²) in [5.74, 6) is -1.07. The highest BCUT2D eigenvalue weighted by atomic mass is 79.9. The molecule has 0 amide bonds. The van der Waals surface area contributed by atoms with Gasteiger partial charge in [0.2, 0.25) is 0 Å². The summed E-state index contributed by atoms with van der Waals surface area (Å²) in [6, 6.07) is 10.3. The minimum absolute atomic E-state index is 0.0456. The van der Waals surface area contributed by atoms with Crippen molar-refractivity contribution in [3.63, 3.8) is 0 Å². The van der Waals surface area contributed by atoms with Crippen LogP contribution in [0.25, 0.3) is 0 Å². The van der Waals surface area contributed by atoms with Gasteiger partial charge in [0.05, 0.1) is 36.6 Å². The molecule has 258 valence electrons. The zero-order chi connectivity index (χ0) is 35.3. The number of benzene rings is 1. The molecule has 7 nitrogen and oxygen atoms in total. The largest absolute Gasteiger partial charge is 0.469 e. The van der Waals surface area contributed by atoms with Crippen LogP contribution in [0.2, 0.25) is 0 Å². The van der Waals surface area contributed by atoms with E-state index in [4.69, 9.17) is 14.2 Å². The van der Waals surface area contributed by atoms with E-state index in [2.05, 4.69) is 55.8 Å². The molecule has 0 saturated carbocycles. The number of aliphatic hydroxyl groups excluding tert-OH is 1. The number of carbonyl (C=O) groups excluding carboxylic acids is 3. The third-order valence-electron chi connectivity index (χ3n) is 11.2. The average Bonchev–Trinajstić information content (AvgIpc) is 2.93. The van der Waals surface area contributed by atoms with Gasteiger partial charge in [0.15, 0.2) is 0 Å². The molecule has 1 aromatic carbocycles. The molecule has 45 heavy (non-hydrogen) atoms. The zero-order valence-electron chi connectivity index (χ0n) is 30.5. The van der Waals surface area contributed by atoms with Gasteiger partial charge in [-0.25, -0.2) is 0 Å². The molecular formula is C37H61BrO7. The van der Waals surface area contributed by atoms with Gasteiger partial charge in [0.25, 0.3) is 0 Å². The number of hydrogen-bond acceptors (Lipinski definition) is 7. The number of aliphatic hydroxyl groups is 1. The summed E-state index contributed by atoms with van der Waals surface area (Å²) in [5.41, 5.74) is -3.42. The maximum absolute atomic E-state index is 14.0. The van der Waals surface area contributed by atoms with Crippen molar-refractivity contribution in [1.29, 1.82) is 0 Å². The van der Waals surface area contributed by atoms with Crippen LogP contribution in [0.4, 0.5) is 0 Å². The molecule has 1 aromatic rings. The van der Waals surface area contributed by atoms with Gasteiger partial charge in [-0.15, -0.1) is 0 Å². The standard InChI is InChI=1S/C37H61BrO7/c1-15-44-28(40)34(8,9)32(4,5)23-27(26-19-17-16-18-20-26)31(2,3)24-36(12,29(41)43-14)33(6,7)25-37(13,35(10,11)38)30(42)45-22-21-39/h16-20,27,39H,15,21-25H2,1-14H3. The van der Waals surface area contributed by atoms with E-state index in [1.165, 1.54) is 7.11 Å². The van der Waals surface area contributed by atoms with Gasteiger partial charge in [0.1, 0.15) is 6.61 Å². The summed E-state index contributed by atoms with van der Waals surface area (Å²) in [6.45, 7) is 25.9. The van der Waals surface area contributed by atoms with Crippen LogP contribution < -0.4 is 0 Å². The number of carbonyl (C=O) groups is 3. The predicted molar refractivity (Wildman–Crippen MR) is 184 cm³/mol. The van der Waals surface area contributed by atoms with E-state index in [0.29, 0.717) is 25.9 Å². The van der Waals surface area contributed by atoms with Gasteiger partial charge in [0, 0.05) is 4.32 Å². The summed E-state index contributed by atoms with van der Waals surface area (Å²) in [5, 5.41) is 9.34. The first-order valence-electron chi connectivity index (χ1n) is 16.1. The van der Waals surface area contributed by atoms with Gasteiger partial charge >= 0.3 is 17.9 Å². The van der Waals surface area contributed by atoms with Crippen LogP contribution in [-0.4, -0.2) is 54.3 Å². The maximum atomic E-state index is 14.0. The SMILES string of the molecule is CCOC(=O)C(C)(C)C(C)(C)CC(c1ccccc1)C(C)(C)CC(C)(C(=O)OC)C(C)(C)CC(C)(C(=O)OCCO)C(C)(C)Br. The Morgan fingerprint density at radius 2 is 1.29 bits per heavy atom. The molecule has 0 saturated heterocycles. The highest BCUT2D eigenvalue weighted by molar-refractivity contribution is 9.10. The lowest BCUT2D eigenvalue weighted by Crippen LogP contribution is -2.54. The Morgan fingerprint density at radius 3 is 1.73 bits per heavy atom. The topological polar surface area (TPSA) is 99.1 Å². The summed E-state index contributed by atoms with van der Waals surface area (Å²) >= 11 is 3.74. The number of esters is 3. The Balaban J connectivity index is 3.79. The molecule has 0 aliphatic rings. The van der Waals surface area contributed by atoms with Crippen molar-refractivity contribution < 1.29 is 33.7 Å². The molecule has 0 spiro atoms. The summed E-state index contributed by atoms with van der Waals surface area (Å²) < 4.78 is 15.8. The van der Waals surface area contributed by atoms with Crippen molar-refractivity contribution in [1.82, 2.24) is 0 Å². The minimum Gasteiger partial charge on any atom is -0.469 e. The lowest BCUT2D eigenvalue weighted by atomic mass is 9.51. The summed E-state index contributed by atoms with van der Waals surface area (Å²) in [6.07, 6.45) is 1.41. The van der Waals surface area contributed by atoms with Crippen molar-refractivity contribution in [2.45, 2.75) is 120 Å². The Labute approximate surface area is 281 Å². The minimum atomic E-state index is -1.05. The van der Waals surface area contributed by atoms with Crippen LogP contribution >= 0.6 is 15.9 Å². The van der Waals surface area contributed by atoms with E-state index in [9.17, 15) is 19.5 Å². The molecule has 0 heterocycles. The second kappa shape index (κ2) is 14.9. The fourth-order valence-electron chi connectivity index (χ4n) is 6.63. The molecule has 1 N–H and O–H groups in total. The molecule has 0 aliphatic heterocycles. The quantitative estimate of drug-likeness (QED) is 0.0990. The fraction of sp³-hybridized carbons (Fsp3) is 0.757. The van der Waals surface area contributed by atoms with Gasteiger partial charge in [-0.3, -0.25) is 14.4 Å². The molecule has 0 fully saturated rings. The third kappa shape index (κ3) is 8.91. The second-order valence-electron chi connectivity index (χ2n) is 16.1. The molecular weight excluding hydrogens is 636 g/mol. The lowest BCUT2D eigenvalue weighted by molar-refractivity contribution is -0.172. The number of halogens is 1. The van der Waals surface area contributed by atoms with E-state index >= 15 is 0 Å². The van der Waals surface area contributed by atoms with E-state index in [0.717, 1.165) is 5.56 Å². The van der Waals surface area contributed by atoms with E-state index in [-0.39, 0.29) is 31.1 Å². The molecule has 0 aliphatic carbocycles. The first-order chi connectivity index (χ1) is 20.3. The van der Waals surface area contributed by atoms with Crippen LogP contribution in [-0.2, 0) is 28.6 Å². The van der Waals surface area contributed by atoms with E-state index in [1.807, 2.05) is 80.5 Å². The van der Waals surface area contributed by atoms with E-state index < -0.39 is 42.8 Å². The first kappa shape index (κ1) is 41.1. The normalized spacial score (nSPS) is 16.6. The molecule has 3 unspecified atom stereocenters. The van der Waals surface area contributed by atoms with Crippen LogP contribution in [0, 0.1) is 32.5 Å². The summed E-state index contributed by atoms with van der Waals surface area (Å²) in [4.78, 5) is 40.6. The highest BCUT2D eigenvalue weighted by Crippen LogP contribution is 2.60. The Hall–Kier alpha value is -1.93. The van der Waals surface area contributed by atoms with Gasteiger partial charge in [-0.05, 0) is 95.5 Å². The van der Waals surface area contributed by atoms with Gasteiger partial charge in [-0.2, -0.15) is 0 Å². The Morgan fingerprint density at radius 1 is 0.756 bits per heavy atom. The number of methoxy groups -OCH3 is 1. The molecule has 0 radical (unpaired) electrons. The molecule has 1 rings (SSSR count). The van der Waals surface area contributed by atoms with Crippen LogP contribution in [0.15, 0.2) is 30.3 Å². The average molecular weight is 698 g/mol. The highest BCUT2D eigenvalue weighted by Gasteiger charge is 2.59. The van der Waals surface area contributed by atoms with Crippen LogP contribution in [0.1, 0.15) is 121 Å². The van der Waals surface area contributed by atoms with Crippen molar-refractivity contribution >= 4 is 33.8 Å². The maximum Gasteiger partial charge on any atom is 0.313 e. The molecule has 0 bridgehead atoms. The second-order valence-corrected chi connectivity index (χ2v) is 18.1. The van der Waals surface area contributed by atoms with Crippen LogP contribution in [0.3, 0.4) is 0 Å². The van der Waals surface area contributed by atoms with Crippen molar-refractivity contribution in [3.8, 4) is 0 Å². The number of rotatable bonds is 17. The number of alkyl halides is 1. The van der Waals surface area contributed by atoms with E-state index in [1.54, 1.807) is 0 Å². The van der Waals surface area contributed by atoms with Gasteiger partial charge in [-0.1, -0.05) is 87.8 Å². The fourth-order valence-corrected chi connectivity index (χ4v) is 6.94. The Bertz CT molecular complexity index is 1150. The van der Waals surface area contributed by atoms with Crippen molar-refractivity contribution in [3.05, 3.63) is 35.9 Å². The zero-order valence-corrected chi connectivity index (χ0v) is 32.1. The molecule has 8 heteroatoms. The van der Waals surface area contributed by atoms with Crippen LogP contribution in [0.5, 0.6) is 0 Å². The number of ether oxygens (including phenoxy) is 3.